The molecule has 1 unspecified atom stereocenters. The summed E-state index contributed by atoms with van der Waals surface area (Å²) < 4.78 is 27.2. The van der Waals surface area contributed by atoms with E-state index in [0.29, 0.717) is 38.3 Å². The summed E-state index contributed by atoms with van der Waals surface area (Å²) in [4.78, 5) is 17.0. The molecule has 0 bridgehead atoms. The Morgan fingerprint density at radius 3 is 2.41 bits per heavy atom. The molecule has 1 saturated heterocycles. The molecule has 0 radical (unpaired) electrons. The van der Waals surface area contributed by atoms with E-state index in [9.17, 15) is 13.2 Å². The van der Waals surface area contributed by atoms with Gasteiger partial charge in [0.15, 0.2) is 0 Å². The minimum Gasteiger partial charge on any atom is -0.350 e. The molecule has 1 fully saturated rings. The molecule has 8 heteroatoms. The average molecular weight is 397 g/mol. The van der Waals surface area contributed by atoms with Crippen LogP contribution in [0, 0.1) is 0 Å². The van der Waals surface area contributed by atoms with E-state index >= 15 is 0 Å². The third-order valence-corrected chi connectivity index (χ3v) is 7.08. The highest BCUT2D eigenvalue weighted by molar-refractivity contribution is 7.89. The second-order valence-electron chi connectivity index (χ2n) is 7.02. The van der Waals surface area contributed by atoms with Crippen LogP contribution in [-0.4, -0.2) is 87.3 Å². The molecule has 2 rings (SSSR count). The van der Waals surface area contributed by atoms with Crippen molar-refractivity contribution < 1.29 is 13.2 Å². The number of hydrogen-bond donors (Lipinski definition) is 1. The van der Waals surface area contributed by atoms with Crippen LogP contribution in [0.1, 0.15) is 31.1 Å². The molecular formula is C19H32N4O3S. The van der Waals surface area contributed by atoms with Gasteiger partial charge in [0, 0.05) is 44.3 Å². The van der Waals surface area contributed by atoms with E-state index in [1.807, 2.05) is 7.05 Å². The first-order valence-electron chi connectivity index (χ1n) is 9.60. The van der Waals surface area contributed by atoms with Gasteiger partial charge in [-0.05, 0) is 45.3 Å². The van der Waals surface area contributed by atoms with Crippen molar-refractivity contribution in [3.8, 4) is 0 Å². The Kier molecular flexibility index (Phi) is 7.79. The smallest absolute Gasteiger partial charge is 0.251 e. The lowest BCUT2D eigenvalue weighted by Crippen LogP contribution is -2.47. The number of hydrogen-bond acceptors (Lipinski definition) is 5. The van der Waals surface area contributed by atoms with Gasteiger partial charge in [-0.25, -0.2) is 8.42 Å². The number of amides is 1. The lowest BCUT2D eigenvalue weighted by molar-refractivity contribution is 0.0937. The molecule has 27 heavy (non-hydrogen) atoms. The molecule has 1 aromatic rings. The molecule has 0 aliphatic carbocycles. The van der Waals surface area contributed by atoms with Crippen LogP contribution in [0.5, 0.6) is 0 Å². The molecule has 1 heterocycles. The zero-order chi connectivity index (χ0) is 20.0. The van der Waals surface area contributed by atoms with E-state index < -0.39 is 10.0 Å². The fraction of sp³-hybridized carbons (Fsp3) is 0.632. The van der Waals surface area contributed by atoms with Crippen molar-refractivity contribution in [1.82, 2.24) is 19.4 Å². The third-order valence-electron chi connectivity index (χ3n) is 5.19. The minimum absolute atomic E-state index is 0.177. The van der Waals surface area contributed by atoms with Crippen molar-refractivity contribution in [3.05, 3.63) is 29.8 Å². The summed E-state index contributed by atoms with van der Waals surface area (Å²) in [6.45, 7) is 11.0. The second kappa shape index (κ2) is 9.64. The van der Waals surface area contributed by atoms with Crippen LogP contribution >= 0.6 is 0 Å². The molecule has 152 valence electrons. The maximum atomic E-state index is 12.9. The van der Waals surface area contributed by atoms with Gasteiger partial charge in [0.25, 0.3) is 5.91 Å². The molecule has 1 aliphatic rings. The van der Waals surface area contributed by atoms with Crippen LogP contribution in [0.25, 0.3) is 0 Å². The van der Waals surface area contributed by atoms with Gasteiger partial charge in [-0.2, -0.15) is 4.31 Å². The quantitative estimate of drug-likeness (QED) is 0.712. The van der Waals surface area contributed by atoms with Crippen molar-refractivity contribution in [2.45, 2.75) is 31.7 Å². The van der Waals surface area contributed by atoms with Gasteiger partial charge in [0.1, 0.15) is 0 Å². The van der Waals surface area contributed by atoms with E-state index in [4.69, 9.17) is 0 Å². The minimum atomic E-state index is -3.58. The number of rotatable bonds is 8. The SMILES string of the molecule is CCN(CC)C(C)CNC(=O)c1cccc(S(=O)(=O)N2CCN(C)CC2)c1. The maximum absolute atomic E-state index is 12.9. The first-order valence-corrected chi connectivity index (χ1v) is 11.0. The standard InChI is InChI=1S/C19H32N4O3S/c1-5-22(6-2)16(3)15-20-19(24)17-8-7-9-18(14-17)27(25,26)23-12-10-21(4)11-13-23/h7-9,14,16H,5-6,10-13,15H2,1-4H3,(H,20,24). The zero-order valence-electron chi connectivity index (χ0n) is 16.8. The lowest BCUT2D eigenvalue weighted by atomic mass is 10.2. The predicted molar refractivity (Wildman–Crippen MR) is 107 cm³/mol. The van der Waals surface area contributed by atoms with Crippen LogP contribution in [0.3, 0.4) is 0 Å². The van der Waals surface area contributed by atoms with Gasteiger partial charge in [0.2, 0.25) is 10.0 Å². The topological polar surface area (TPSA) is 73.0 Å². The number of benzene rings is 1. The van der Waals surface area contributed by atoms with Crippen LogP contribution in [0.15, 0.2) is 29.2 Å². The fourth-order valence-electron chi connectivity index (χ4n) is 3.29. The normalized spacial score (nSPS) is 17.8. The van der Waals surface area contributed by atoms with Gasteiger partial charge in [-0.1, -0.05) is 19.9 Å². The molecule has 1 atom stereocenters. The maximum Gasteiger partial charge on any atom is 0.251 e. The Bertz CT molecular complexity index is 726. The molecule has 1 aliphatic heterocycles. The second-order valence-corrected chi connectivity index (χ2v) is 8.95. The number of nitrogens with zero attached hydrogens (tertiary/aromatic N) is 3. The van der Waals surface area contributed by atoms with E-state index in [1.165, 1.54) is 10.4 Å². The molecule has 0 saturated carbocycles. The van der Waals surface area contributed by atoms with E-state index in [-0.39, 0.29) is 16.8 Å². The largest absolute Gasteiger partial charge is 0.350 e. The molecule has 1 aromatic carbocycles. The number of carbonyl (C=O) groups is 1. The number of carbonyl (C=O) groups excluding carboxylic acids is 1. The summed E-state index contributed by atoms with van der Waals surface area (Å²) in [6.07, 6.45) is 0. The average Bonchev–Trinajstić information content (AvgIpc) is 2.67. The van der Waals surface area contributed by atoms with Crippen molar-refractivity contribution in [3.63, 3.8) is 0 Å². The highest BCUT2D eigenvalue weighted by Crippen LogP contribution is 2.18. The van der Waals surface area contributed by atoms with E-state index in [1.54, 1.807) is 18.2 Å². The number of piperazine rings is 1. The summed E-state index contributed by atoms with van der Waals surface area (Å²) in [7, 11) is -1.60. The number of likely N-dealkylation sites (N-methyl/N-ethyl adjacent to an activating group) is 2. The van der Waals surface area contributed by atoms with Gasteiger partial charge >= 0.3 is 0 Å². The molecule has 7 nitrogen and oxygen atoms in total. The van der Waals surface area contributed by atoms with Crippen molar-refractivity contribution >= 4 is 15.9 Å². The van der Waals surface area contributed by atoms with Gasteiger partial charge in [0.05, 0.1) is 4.90 Å². The van der Waals surface area contributed by atoms with E-state index in [2.05, 4.69) is 35.9 Å². The monoisotopic (exact) mass is 396 g/mol. The summed E-state index contributed by atoms with van der Waals surface area (Å²) in [6, 6.07) is 6.54. The number of nitrogens with one attached hydrogen (secondary N) is 1. The molecule has 0 aromatic heterocycles. The van der Waals surface area contributed by atoms with E-state index in [0.717, 1.165) is 13.1 Å². The van der Waals surface area contributed by atoms with Crippen molar-refractivity contribution in [2.75, 3.05) is 52.9 Å². The first-order chi connectivity index (χ1) is 12.8. The summed E-state index contributed by atoms with van der Waals surface area (Å²) >= 11 is 0. The van der Waals surface area contributed by atoms with Gasteiger partial charge < -0.3 is 10.2 Å². The zero-order valence-corrected chi connectivity index (χ0v) is 17.6. The van der Waals surface area contributed by atoms with Gasteiger partial charge in [-0.3, -0.25) is 9.69 Å². The number of sulfonamides is 1. The Morgan fingerprint density at radius 2 is 1.81 bits per heavy atom. The fourth-order valence-corrected chi connectivity index (χ4v) is 4.76. The molecular weight excluding hydrogens is 364 g/mol. The Morgan fingerprint density at radius 1 is 1.19 bits per heavy atom. The highest BCUT2D eigenvalue weighted by atomic mass is 32.2. The highest BCUT2D eigenvalue weighted by Gasteiger charge is 2.28. The van der Waals surface area contributed by atoms with Crippen LogP contribution < -0.4 is 5.32 Å². The van der Waals surface area contributed by atoms with Crippen LogP contribution in [0.2, 0.25) is 0 Å². The predicted octanol–water partition coefficient (Wildman–Crippen LogP) is 1.08. The Labute approximate surface area is 163 Å². The summed E-state index contributed by atoms with van der Waals surface area (Å²) in [5.41, 5.74) is 0.372. The third kappa shape index (κ3) is 5.51. The van der Waals surface area contributed by atoms with Crippen molar-refractivity contribution in [2.24, 2.45) is 0 Å². The molecule has 1 N–H and O–H groups in total. The molecule has 0 spiro atoms. The van der Waals surface area contributed by atoms with Crippen LogP contribution in [0.4, 0.5) is 0 Å². The summed E-state index contributed by atoms with van der Waals surface area (Å²) in [5.74, 6) is -0.246. The van der Waals surface area contributed by atoms with Gasteiger partial charge in [-0.15, -0.1) is 0 Å². The molecule has 1 amide bonds. The Balaban J connectivity index is 2.07. The lowest BCUT2D eigenvalue weighted by Gasteiger charge is -2.31. The van der Waals surface area contributed by atoms with Crippen LogP contribution in [-0.2, 0) is 10.0 Å². The first kappa shape index (κ1) is 21.8. The Hall–Kier alpha value is -1.48. The summed E-state index contributed by atoms with van der Waals surface area (Å²) in [5, 5.41) is 2.92. The van der Waals surface area contributed by atoms with Crippen molar-refractivity contribution in [1.29, 1.82) is 0 Å².